The van der Waals surface area contributed by atoms with Gasteiger partial charge in [-0.2, -0.15) is 0 Å². The molecular weight excluding hydrogens is 348 g/mol. The Morgan fingerprint density at radius 3 is 2.41 bits per heavy atom. The molecule has 1 aromatic rings. The molecule has 0 spiro atoms. The average molecular weight is 367 g/mol. The van der Waals surface area contributed by atoms with Crippen molar-refractivity contribution in [3.63, 3.8) is 0 Å². The Hall–Kier alpha value is -1.82. The number of nitrogens with zero attached hydrogens (tertiary/aromatic N) is 2. The highest BCUT2D eigenvalue weighted by atomic mass is 79.9. The van der Waals surface area contributed by atoms with Crippen LogP contribution in [-0.4, -0.2) is 42.5 Å². The van der Waals surface area contributed by atoms with Crippen LogP contribution in [-0.2, 0) is 9.53 Å². The average Bonchev–Trinajstić information content (AvgIpc) is 2.50. The molecule has 0 N–H and O–H groups in total. The van der Waals surface area contributed by atoms with Crippen LogP contribution < -0.4 is 0 Å². The Morgan fingerprint density at radius 2 is 1.86 bits per heavy atom. The van der Waals surface area contributed by atoms with Gasteiger partial charge >= 0.3 is 12.0 Å². The van der Waals surface area contributed by atoms with Gasteiger partial charge in [-0.3, -0.25) is 0 Å². The number of carbonyl (C=O) groups is 2. The Labute approximate surface area is 138 Å². The van der Waals surface area contributed by atoms with Gasteiger partial charge in [-0.05, 0) is 31.5 Å². The van der Waals surface area contributed by atoms with Crippen LogP contribution in [0, 0.1) is 0 Å². The molecule has 2 rings (SSSR count). The molecule has 0 bridgehead atoms. The molecule has 2 amide bonds. The van der Waals surface area contributed by atoms with Gasteiger partial charge < -0.3 is 14.5 Å². The minimum absolute atomic E-state index is 0.154. The quantitative estimate of drug-likeness (QED) is 0.770. The summed E-state index contributed by atoms with van der Waals surface area (Å²) in [5.41, 5.74) is 1.98. The number of amides is 2. The smallest absolute Gasteiger partial charge is 0.338 e. The summed E-state index contributed by atoms with van der Waals surface area (Å²) in [7, 11) is 3.35. The molecule has 1 atom stereocenters. The van der Waals surface area contributed by atoms with Crippen molar-refractivity contribution in [3.8, 4) is 0 Å². The topological polar surface area (TPSA) is 49.9 Å². The van der Waals surface area contributed by atoms with Crippen molar-refractivity contribution < 1.29 is 14.3 Å². The van der Waals surface area contributed by atoms with Gasteiger partial charge in [0.15, 0.2) is 0 Å². The van der Waals surface area contributed by atoms with E-state index in [1.165, 1.54) is 4.90 Å². The lowest BCUT2D eigenvalue weighted by molar-refractivity contribution is -0.139. The number of benzene rings is 1. The second kappa shape index (κ2) is 6.52. The number of carbonyl (C=O) groups excluding carboxylic acids is 2. The van der Waals surface area contributed by atoms with E-state index in [0.29, 0.717) is 17.9 Å². The van der Waals surface area contributed by atoms with Crippen LogP contribution in [0.25, 0.3) is 0 Å². The Kier molecular flexibility index (Phi) is 4.90. The van der Waals surface area contributed by atoms with Crippen molar-refractivity contribution in [2.45, 2.75) is 19.9 Å². The van der Waals surface area contributed by atoms with Crippen LogP contribution in [0.15, 0.2) is 40.0 Å². The monoisotopic (exact) mass is 366 g/mol. The lowest BCUT2D eigenvalue weighted by Gasteiger charge is -2.39. The largest absolute Gasteiger partial charge is 0.463 e. The van der Waals surface area contributed by atoms with Gasteiger partial charge in [-0.25, -0.2) is 9.59 Å². The fourth-order valence-electron chi connectivity index (χ4n) is 2.57. The van der Waals surface area contributed by atoms with Crippen LogP contribution in [0.3, 0.4) is 0 Å². The molecule has 6 heteroatoms. The third-order valence-electron chi connectivity index (χ3n) is 3.82. The van der Waals surface area contributed by atoms with E-state index >= 15 is 0 Å². The fraction of sp³-hybridized carbons (Fsp3) is 0.375. The molecule has 0 fully saturated rings. The summed E-state index contributed by atoms with van der Waals surface area (Å²) < 4.78 is 6.13. The lowest BCUT2D eigenvalue weighted by atomic mass is 9.94. The highest BCUT2D eigenvalue weighted by Gasteiger charge is 2.39. The number of esters is 1. The molecule has 1 heterocycles. The summed E-state index contributed by atoms with van der Waals surface area (Å²) in [6.07, 6.45) is 0. The molecule has 5 nitrogen and oxygen atoms in total. The van der Waals surface area contributed by atoms with Gasteiger partial charge in [0.2, 0.25) is 0 Å². The van der Waals surface area contributed by atoms with Crippen LogP contribution in [0.4, 0.5) is 4.79 Å². The van der Waals surface area contributed by atoms with E-state index in [2.05, 4.69) is 15.9 Å². The molecule has 0 aromatic heterocycles. The van der Waals surface area contributed by atoms with Crippen molar-refractivity contribution in [1.82, 2.24) is 9.80 Å². The first-order chi connectivity index (χ1) is 10.4. The lowest BCUT2D eigenvalue weighted by Crippen LogP contribution is -2.47. The predicted molar refractivity (Wildman–Crippen MR) is 87.1 cm³/mol. The molecule has 0 saturated heterocycles. The normalized spacial score (nSPS) is 18.8. The van der Waals surface area contributed by atoms with Gasteiger partial charge in [-0.1, -0.05) is 28.1 Å². The number of hydrogen-bond donors (Lipinski definition) is 0. The summed E-state index contributed by atoms with van der Waals surface area (Å²) in [6.45, 7) is 3.83. The first-order valence-electron chi connectivity index (χ1n) is 7.02. The van der Waals surface area contributed by atoms with Crippen LogP contribution >= 0.6 is 15.9 Å². The fourth-order valence-corrected chi connectivity index (χ4v) is 2.83. The van der Waals surface area contributed by atoms with Crippen molar-refractivity contribution in [2.24, 2.45) is 0 Å². The number of halogens is 1. The molecule has 118 valence electrons. The van der Waals surface area contributed by atoms with E-state index in [9.17, 15) is 9.59 Å². The van der Waals surface area contributed by atoms with E-state index < -0.39 is 6.04 Å². The van der Waals surface area contributed by atoms with E-state index in [1.807, 2.05) is 24.3 Å². The SMILES string of the molecule is CCOC(=O)C1=C(C)N(C)C(=O)N(C)C1c1ccc(Br)cc1. The molecule has 0 aliphatic carbocycles. The Bertz CT molecular complexity index is 625. The number of rotatable bonds is 3. The van der Waals surface area contributed by atoms with Gasteiger partial charge in [0.05, 0.1) is 18.2 Å². The molecule has 1 aliphatic heterocycles. The molecule has 1 unspecified atom stereocenters. The zero-order valence-electron chi connectivity index (χ0n) is 13.1. The van der Waals surface area contributed by atoms with Gasteiger partial charge in [-0.15, -0.1) is 0 Å². The van der Waals surface area contributed by atoms with E-state index in [0.717, 1.165) is 10.0 Å². The molecule has 1 aromatic carbocycles. The standard InChI is InChI=1S/C16H19BrN2O3/c1-5-22-15(20)13-10(2)18(3)16(21)19(4)14(13)11-6-8-12(17)9-7-11/h6-9,14H,5H2,1-4H3. The first kappa shape index (κ1) is 16.5. The zero-order valence-corrected chi connectivity index (χ0v) is 14.7. The summed E-state index contributed by atoms with van der Waals surface area (Å²) in [4.78, 5) is 27.8. The Morgan fingerprint density at radius 1 is 1.27 bits per heavy atom. The predicted octanol–water partition coefficient (Wildman–Crippen LogP) is 3.32. The second-order valence-electron chi connectivity index (χ2n) is 5.13. The highest BCUT2D eigenvalue weighted by molar-refractivity contribution is 9.10. The van der Waals surface area contributed by atoms with Crippen LogP contribution in [0.1, 0.15) is 25.5 Å². The number of hydrogen-bond acceptors (Lipinski definition) is 3. The van der Waals surface area contributed by atoms with Crippen molar-refractivity contribution >= 4 is 27.9 Å². The van der Waals surface area contributed by atoms with Crippen LogP contribution in [0.2, 0.25) is 0 Å². The first-order valence-corrected chi connectivity index (χ1v) is 7.81. The number of ether oxygens (including phenoxy) is 1. The number of urea groups is 1. The van der Waals surface area contributed by atoms with E-state index in [4.69, 9.17) is 4.74 Å². The zero-order chi connectivity index (χ0) is 16.4. The number of likely N-dealkylation sites (N-methyl/N-ethyl adjacent to an activating group) is 1. The minimum atomic E-state index is -0.448. The van der Waals surface area contributed by atoms with E-state index in [1.54, 1.807) is 32.8 Å². The molecule has 0 radical (unpaired) electrons. The van der Waals surface area contributed by atoms with Gasteiger partial charge in [0, 0.05) is 24.3 Å². The second-order valence-corrected chi connectivity index (χ2v) is 6.04. The van der Waals surface area contributed by atoms with Gasteiger partial charge in [0.1, 0.15) is 0 Å². The van der Waals surface area contributed by atoms with Crippen molar-refractivity contribution in [3.05, 3.63) is 45.6 Å². The molecule has 0 saturated carbocycles. The summed E-state index contributed by atoms with van der Waals surface area (Å²) in [5.74, 6) is -0.390. The Balaban J connectivity index is 2.57. The maximum absolute atomic E-state index is 12.4. The molecular formula is C16H19BrN2O3. The molecule has 1 aliphatic rings. The minimum Gasteiger partial charge on any atom is -0.463 e. The molecule has 22 heavy (non-hydrogen) atoms. The maximum atomic E-state index is 12.4. The highest BCUT2D eigenvalue weighted by Crippen LogP contribution is 2.36. The van der Waals surface area contributed by atoms with Gasteiger partial charge in [0.25, 0.3) is 0 Å². The maximum Gasteiger partial charge on any atom is 0.338 e. The number of allylic oxidation sites excluding steroid dienone is 1. The summed E-state index contributed by atoms with van der Waals surface area (Å²) in [5, 5.41) is 0. The summed E-state index contributed by atoms with van der Waals surface area (Å²) >= 11 is 3.39. The third-order valence-corrected chi connectivity index (χ3v) is 4.35. The van der Waals surface area contributed by atoms with Crippen molar-refractivity contribution in [2.75, 3.05) is 20.7 Å². The summed E-state index contributed by atoms with van der Waals surface area (Å²) in [6, 6.07) is 6.98. The van der Waals surface area contributed by atoms with Crippen molar-refractivity contribution in [1.29, 1.82) is 0 Å². The van der Waals surface area contributed by atoms with E-state index in [-0.39, 0.29) is 12.0 Å². The third kappa shape index (κ3) is 2.88. The van der Waals surface area contributed by atoms with Crippen LogP contribution in [0.5, 0.6) is 0 Å².